The molecule has 0 spiro atoms. The lowest BCUT2D eigenvalue weighted by Crippen LogP contribution is -2.43. The molecule has 2 atom stereocenters. The van der Waals surface area contributed by atoms with E-state index in [9.17, 15) is 19.2 Å². The molecule has 1 aliphatic carbocycles. The van der Waals surface area contributed by atoms with Gasteiger partial charge >= 0.3 is 5.97 Å². The lowest BCUT2D eigenvalue weighted by molar-refractivity contribution is -0.145. The number of carbonyl (C=O) groups is 4. The van der Waals surface area contributed by atoms with Crippen LogP contribution in [0.25, 0.3) is 0 Å². The zero-order chi connectivity index (χ0) is 20.7. The predicted octanol–water partition coefficient (Wildman–Crippen LogP) is 1.39. The molecule has 3 amide bonds. The summed E-state index contributed by atoms with van der Waals surface area (Å²) in [5.41, 5.74) is 0. The van der Waals surface area contributed by atoms with Crippen LogP contribution in [-0.4, -0.2) is 70.3 Å². The number of nitrogens with one attached hydrogen (secondary N) is 1. The van der Waals surface area contributed by atoms with Gasteiger partial charge < -0.3 is 20.2 Å². The van der Waals surface area contributed by atoms with Gasteiger partial charge in [-0.15, -0.1) is 0 Å². The molecule has 0 radical (unpaired) electrons. The number of carbonyl (C=O) groups excluding carboxylic acids is 3. The molecule has 0 aromatic heterocycles. The molecule has 2 N–H and O–H groups in total. The van der Waals surface area contributed by atoms with E-state index in [4.69, 9.17) is 5.11 Å². The van der Waals surface area contributed by atoms with Crippen molar-refractivity contribution in [1.82, 2.24) is 15.1 Å². The number of likely N-dealkylation sites (tertiary alicyclic amines) is 1. The molecule has 0 aromatic rings. The third-order valence-corrected chi connectivity index (χ3v) is 5.80. The normalized spacial score (nSPS) is 21.6. The number of hydrogen-bond acceptors (Lipinski definition) is 4. The first kappa shape index (κ1) is 22.2. The van der Waals surface area contributed by atoms with Crippen LogP contribution < -0.4 is 5.32 Å². The first-order chi connectivity index (χ1) is 13.3. The summed E-state index contributed by atoms with van der Waals surface area (Å²) >= 11 is 0. The van der Waals surface area contributed by atoms with E-state index in [1.807, 2.05) is 6.92 Å². The number of carboxylic acid groups (broad SMARTS) is 1. The topological polar surface area (TPSA) is 107 Å². The van der Waals surface area contributed by atoms with Gasteiger partial charge in [-0.25, -0.2) is 0 Å². The van der Waals surface area contributed by atoms with Crippen molar-refractivity contribution in [2.75, 3.05) is 19.6 Å². The Morgan fingerprint density at radius 2 is 1.75 bits per heavy atom. The fourth-order valence-electron chi connectivity index (χ4n) is 4.27. The van der Waals surface area contributed by atoms with Gasteiger partial charge in [-0.1, -0.05) is 12.8 Å². The highest BCUT2D eigenvalue weighted by atomic mass is 16.4. The highest BCUT2D eigenvalue weighted by Gasteiger charge is 2.29. The minimum Gasteiger partial charge on any atom is -0.480 e. The fraction of sp³-hybridized carbons (Fsp3) is 0.800. The molecule has 2 rings (SSSR count). The van der Waals surface area contributed by atoms with E-state index in [0.717, 1.165) is 32.1 Å². The van der Waals surface area contributed by atoms with Crippen LogP contribution in [0.5, 0.6) is 0 Å². The van der Waals surface area contributed by atoms with Crippen molar-refractivity contribution in [1.29, 1.82) is 0 Å². The Balaban J connectivity index is 1.83. The molecule has 2 fully saturated rings. The Labute approximate surface area is 166 Å². The van der Waals surface area contributed by atoms with Gasteiger partial charge in [-0.05, 0) is 39.0 Å². The monoisotopic (exact) mass is 395 g/mol. The van der Waals surface area contributed by atoms with Crippen LogP contribution in [0.15, 0.2) is 0 Å². The Kier molecular flexibility index (Phi) is 8.26. The van der Waals surface area contributed by atoms with Crippen molar-refractivity contribution < 1.29 is 24.3 Å². The summed E-state index contributed by atoms with van der Waals surface area (Å²) < 4.78 is 0. The molecule has 2 aliphatic rings. The van der Waals surface area contributed by atoms with Crippen LogP contribution in [0.1, 0.15) is 65.2 Å². The molecule has 0 aromatic carbocycles. The van der Waals surface area contributed by atoms with Gasteiger partial charge in [0.05, 0.1) is 0 Å². The second kappa shape index (κ2) is 10.4. The summed E-state index contributed by atoms with van der Waals surface area (Å²) in [6.45, 7) is 4.02. The van der Waals surface area contributed by atoms with Gasteiger partial charge in [-0.2, -0.15) is 0 Å². The molecule has 1 saturated carbocycles. The molecule has 8 nitrogen and oxygen atoms in total. The Bertz CT molecular complexity index is 588. The minimum atomic E-state index is -1.03. The van der Waals surface area contributed by atoms with E-state index in [0.29, 0.717) is 25.9 Å². The molecule has 158 valence electrons. The third kappa shape index (κ3) is 6.49. The largest absolute Gasteiger partial charge is 0.480 e. The summed E-state index contributed by atoms with van der Waals surface area (Å²) in [6.07, 6.45) is 6.30. The van der Waals surface area contributed by atoms with Crippen LogP contribution in [0.2, 0.25) is 0 Å². The number of rotatable bonds is 7. The molecule has 0 bridgehead atoms. The molecule has 2 unspecified atom stereocenters. The fourth-order valence-corrected chi connectivity index (χ4v) is 4.27. The van der Waals surface area contributed by atoms with E-state index in [-0.39, 0.29) is 48.7 Å². The van der Waals surface area contributed by atoms with Crippen molar-refractivity contribution >= 4 is 23.7 Å². The van der Waals surface area contributed by atoms with Crippen molar-refractivity contribution in [2.45, 2.75) is 77.3 Å². The second-order valence-corrected chi connectivity index (χ2v) is 8.10. The van der Waals surface area contributed by atoms with Gasteiger partial charge in [0.1, 0.15) is 6.54 Å². The predicted molar refractivity (Wildman–Crippen MR) is 103 cm³/mol. The van der Waals surface area contributed by atoms with Crippen LogP contribution in [0.3, 0.4) is 0 Å². The average molecular weight is 396 g/mol. The summed E-state index contributed by atoms with van der Waals surface area (Å²) in [5, 5.41) is 12.0. The Morgan fingerprint density at radius 3 is 2.36 bits per heavy atom. The summed E-state index contributed by atoms with van der Waals surface area (Å²) in [4.78, 5) is 50.9. The molecule has 1 heterocycles. The molecule has 1 aliphatic heterocycles. The van der Waals surface area contributed by atoms with Crippen LogP contribution >= 0.6 is 0 Å². The lowest BCUT2D eigenvalue weighted by Gasteiger charge is -2.29. The Hall–Kier alpha value is -2.12. The molecular weight excluding hydrogens is 362 g/mol. The number of carboxylic acids is 1. The zero-order valence-corrected chi connectivity index (χ0v) is 17.0. The Morgan fingerprint density at radius 1 is 1.07 bits per heavy atom. The maximum atomic E-state index is 12.7. The number of amides is 3. The third-order valence-electron chi connectivity index (χ3n) is 5.80. The van der Waals surface area contributed by atoms with Crippen molar-refractivity contribution in [3.63, 3.8) is 0 Å². The molecular formula is C20H33N3O5. The van der Waals surface area contributed by atoms with E-state index in [2.05, 4.69) is 5.32 Å². The zero-order valence-electron chi connectivity index (χ0n) is 17.0. The smallest absolute Gasteiger partial charge is 0.323 e. The number of nitrogens with zero attached hydrogens (tertiary/aromatic N) is 2. The number of aliphatic carboxylic acids is 1. The highest BCUT2D eigenvalue weighted by Crippen LogP contribution is 2.25. The summed E-state index contributed by atoms with van der Waals surface area (Å²) in [7, 11) is 0. The first-order valence-corrected chi connectivity index (χ1v) is 10.3. The lowest BCUT2D eigenvalue weighted by atomic mass is 10.1. The molecule has 8 heteroatoms. The first-order valence-electron chi connectivity index (χ1n) is 10.3. The second-order valence-electron chi connectivity index (χ2n) is 8.10. The maximum absolute atomic E-state index is 12.7. The van der Waals surface area contributed by atoms with Crippen molar-refractivity contribution in [2.24, 2.45) is 5.92 Å². The summed E-state index contributed by atoms with van der Waals surface area (Å²) in [5.74, 6) is -1.15. The summed E-state index contributed by atoms with van der Waals surface area (Å²) in [6, 6.07) is -0.369. The van der Waals surface area contributed by atoms with E-state index in [1.165, 1.54) is 11.8 Å². The SMILES string of the molecule is CC(=O)N(CC(=O)O)C1CCCN(C(=O)CC(C)NC(=O)C2CCCC2)CC1. The van der Waals surface area contributed by atoms with E-state index in [1.54, 1.807) is 4.90 Å². The van der Waals surface area contributed by atoms with Crippen molar-refractivity contribution in [3.8, 4) is 0 Å². The standard InChI is InChI=1S/C20H33N3O5/c1-14(21-20(28)16-6-3-4-7-16)12-18(25)22-10-5-8-17(9-11-22)23(15(2)24)13-19(26)27/h14,16-17H,3-13H2,1-2H3,(H,21,28)(H,26,27). The minimum absolute atomic E-state index is 0.00696. The van der Waals surface area contributed by atoms with Crippen LogP contribution in [0, 0.1) is 5.92 Å². The highest BCUT2D eigenvalue weighted by molar-refractivity contribution is 5.81. The van der Waals surface area contributed by atoms with Gasteiger partial charge in [0, 0.05) is 44.4 Å². The number of hydrogen-bond donors (Lipinski definition) is 2. The van der Waals surface area contributed by atoms with Gasteiger partial charge in [0.15, 0.2) is 0 Å². The maximum Gasteiger partial charge on any atom is 0.323 e. The quantitative estimate of drug-likeness (QED) is 0.677. The molecule has 28 heavy (non-hydrogen) atoms. The van der Waals surface area contributed by atoms with Gasteiger partial charge in [-0.3, -0.25) is 19.2 Å². The molecule has 1 saturated heterocycles. The van der Waals surface area contributed by atoms with Crippen molar-refractivity contribution in [3.05, 3.63) is 0 Å². The van der Waals surface area contributed by atoms with Gasteiger partial charge in [0.2, 0.25) is 17.7 Å². The van der Waals surface area contributed by atoms with Crippen LogP contribution in [-0.2, 0) is 19.2 Å². The van der Waals surface area contributed by atoms with E-state index < -0.39 is 5.97 Å². The van der Waals surface area contributed by atoms with E-state index >= 15 is 0 Å². The average Bonchev–Trinajstić information content (AvgIpc) is 3.04. The van der Waals surface area contributed by atoms with Crippen LogP contribution in [0.4, 0.5) is 0 Å². The van der Waals surface area contributed by atoms with Gasteiger partial charge in [0.25, 0.3) is 0 Å².